The van der Waals surface area contributed by atoms with E-state index in [0.717, 1.165) is 116 Å². The average molecular weight is 1030 g/mol. The van der Waals surface area contributed by atoms with Gasteiger partial charge in [0.1, 0.15) is 13.2 Å². The second-order valence-electron chi connectivity index (χ2n) is 19.9. The number of aliphatic hydroxyl groups is 1. The number of hydrogen-bond donors (Lipinski definition) is 2. The molecule has 0 saturated carbocycles. The molecule has 8 nitrogen and oxygen atoms in total. The summed E-state index contributed by atoms with van der Waals surface area (Å²) in [5.74, 6) is -0.223. The molecule has 0 heterocycles. The van der Waals surface area contributed by atoms with Gasteiger partial charge in [-0.15, -0.1) is 0 Å². The molecule has 414 valence electrons. The zero-order valence-electron chi connectivity index (χ0n) is 47.0. The van der Waals surface area contributed by atoms with Crippen LogP contribution in [0.2, 0.25) is 0 Å². The lowest BCUT2D eigenvalue weighted by molar-refractivity contribution is -0.870. The van der Waals surface area contributed by atoms with Crippen LogP contribution in [0.5, 0.6) is 0 Å². The Balaban J connectivity index is 4.10. The van der Waals surface area contributed by atoms with E-state index in [9.17, 15) is 19.4 Å². The number of allylic oxidation sites excluding steroid dienone is 23. The first kappa shape index (κ1) is 69.4. The predicted molar refractivity (Wildman–Crippen MR) is 315 cm³/mol. The number of phosphoric acid groups is 1. The van der Waals surface area contributed by atoms with Gasteiger partial charge in [-0.25, -0.2) is 0 Å². The van der Waals surface area contributed by atoms with E-state index < -0.39 is 26.6 Å². The number of unbranched alkanes of at least 4 members (excludes halogenated alkanes) is 15. The topological polar surface area (TPSA) is 108 Å². The largest absolute Gasteiger partial charge is 0.756 e. The number of rotatable bonds is 50. The van der Waals surface area contributed by atoms with Crippen molar-refractivity contribution >= 4 is 13.7 Å². The van der Waals surface area contributed by atoms with Gasteiger partial charge in [-0.1, -0.05) is 230 Å². The first-order valence-corrected chi connectivity index (χ1v) is 30.2. The number of quaternary nitrogens is 1. The number of aliphatic hydroxyl groups excluding tert-OH is 1. The molecule has 0 radical (unpaired) electrons. The molecule has 3 atom stereocenters. The zero-order valence-corrected chi connectivity index (χ0v) is 47.9. The SMILES string of the molecule is CC/C=C\C/C=C\C/C=C\C/C=C\C/C=C\C/C=C\C/C=C\C/C=C\C/C=C\CCCCCCCCCCCCCC(=O)NC(COP(=O)([O-])OCC[N+](C)(C)C)C(O)/C=C/CC/C=C/CC/C=C/CCCC. The Labute approximate surface area is 449 Å². The predicted octanol–water partition coefficient (Wildman–Crippen LogP) is 17.1. The fourth-order valence-corrected chi connectivity index (χ4v) is 8.00. The normalized spacial score (nSPS) is 15.0. The maximum Gasteiger partial charge on any atom is 0.268 e. The van der Waals surface area contributed by atoms with Crippen LogP contribution in [0, 0.1) is 0 Å². The van der Waals surface area contributed by atoms with E-state index in [1.807, 2.05) is 27.2 Å². The quantitative estimate of drug-likeness (QED) is 0.0272. The lowest BCUT2D eigenvalue weighted by Gasteiger charge is -2.29. The molecule has 73 heavy (non-hydrogen) atoms. The first-order chi connectivity index (χ1) is 35.5. The lowest BCUT2D eigenvalue weighted by Crippen LogP contribution is -2.45. The molecule has 3 unspecified atom stereocenters. The minimum atomic E-state index is -4.61. The number of amides is 1. The van der Waals surface area contributed by atoms with Crippen LogP contribution in [-0.2, 0) is 18.4 Å². The van der Waals surface area contributed by atoms with Gasteiger partial charge in [0.15, 0.2) is 0 Å². The second-order valence-corrected chi connectivity index (χ2v) is 21.3. The molecule has 2 N–H and O–H groups in total. The molecule has 0 saturated heterocycles. The van der Waals surface area contributed by atoms with Crippen LogP contribution in [0.25, 0.3) is 0 Å². The highest BCUT2D eigenvalue weighted by Gasteiger charge is 2.23. The highest BCUT2D eigenvalue weighted by molar-refractivity contribution is 7.45. The Morgan fingerprint density at radius 1 is 0.493 bits per heavy atom. The van der Waals surface area contributed by atoms with Gasteiger partial charge in [0.2, 0.25) is 5.91 Å². The number of hydrogen-bond acceptors (Lipinski definition) is 6. The summed E-state index contributed by atoms with van der Waals surface area (Å²) in [6.07, 6.45) is 82.2. The van der Waals surface area contributed by atoms with E-state index in [1.54, 1.807) is 6.08 Å². The summed E-state index contributed by atoms with van der Waals surface area (Å²) in [6.45, 7) is 4.42. The van der Waals surface area contributed by atoms with Crippen molar-refractivity contribution in [3.63, 3.8) is 0 Å². The summed E-state index contributed by atoms with van der Waals surface area (Å²) < 4.78 is 23.2. The maximum atomic E-state index is 12.9. The van der Waals surface area contributed by atoms with Gasteiger partial charge in [0.05, 0.1) is 39.9 Å². The molecule has 0 rings (SSSR count). The third-order valence-electron chi connectivity index (χ3n) is 11.8. The van der Waals surface area contributed by atoms with Gasteiger partial charge in [-0.05, 0) is 109 Å². The van der Waals surface area contributed by atoms with Crippen LogP contribution in [0.3, 0.4) is 0 Å². The Hall–Kier alpha value is -3.62. The van der Waals surface area contributed by atoms with Gasteiger partial charge in [-0.2, -0.15) is 0 Å². The minimum absolute atomic E-state index is 0.0166. The fraction of sp³-hybridized carbons (Fsp3) is 0.609. The van der Waals surface area contributed by atoms with Gasteiger partial charge < -0.3 is 28.8 Å². The Morgan fingerprint density at radius 3 is 1.27 bits per heavy atom. The summed E-state index contributed by atoms with van der Waals surface area (Å²) in [7, 11) is 1.21. The van der Waals surface area contributed by atoms with E-state index in [0.29, 0.717) is 17.4 Å². The monoisotopic (exact) mass is 1030 g/mol. The summed E-state index contributed by atoms with van der Waals surface area (Å²) >= 11 is 0. The van der Waals surface area contributed by atoms with Crippen LogP contribution in [0.15, 0.2) is 146 Å². The third-order valence-corrected chi connectivity index (χ3v) is 12.7. The Morgan fingerprint density at radius 2 is 0.849 bits per heavy atom. The molecular formula is C64H107N2O6P. The summed E-state index contributed by atoms with van der Waals surface area (Å²) in [5.41, 5.74) is 0. The molecule has 0 aromatic rings. The molecule has 1 amide bonds. The molecular weight excluding hydrogens is 924 g/mol. The smallest absolute Gasteiger partial charge is 0.268 e. The van der Waals surface area contributed by atoms with Crippen molar-refractivity contribution < 1.29 is 32.9 Å². The Bertz CT molecular complexity index is 1690. The molecule has 0 aromatic heterocycles. The number of carbonyl (C=O) groups excluding carboxylic acids is 1. The average Bonchev–Trinajstić information content (AvgIpc) is 3.35. The van der Waals surface area contributed by atoms with Gasteiger partial charge in [-0.3, -0.25) is 9.36 Å². The van der Waals surface area contributed by atoms with Crippen LogP contribution in [0.1, 0.15) is 200 Å². The number of nitrogens with zero attached hydrogens (tertiary/aromatic N) is 1. The van der Waals surface area contributed by atoms with Gasteiger partial charge in [0, 0.05) is 6.42 Å². The fourth-order valence-electron chi connectivity index (χ4n) is 7.28. The highest BCUT2D eigenvalue weighted by atomic mass is 31.2. The van der Waals surface area contributed by atoms with Crippen LogP contribution >= 0.6 is 7.82 Å². The molecule has 0 aromatic carbocycles. The van der Waals surface area contributed by atoms with E-state index in [1.165, 1.54) is 64.2 Å². The van der Waals surface area contributed by atoms with Crippen molar-refractivity contribution in [2.24, 2.45) is 0 Å². The van der Waals surface area contributed by atoms with Crippen molar-refractivity contribution in [2.45, 2.75) is 212 Å². The van der Waals surface area contributed by atoms with Crippen molar-refractivity contribution in [3.05, 3.63) is 146 Å². The number of phosphoric ester groups is 1. The second kappa shape index (κ2) is 53.2. The van der Waals surface area contributed by atoms with E-state index in [-0.39, 0.29) is 12.5 Å². The van der Waals surface area contributed by atoms with Crippen molar-refractivity contribution in [3.8, 4) is 0 Å². The zero-order chi connectivity index (χ0) is 53.5. The molecule has 0 aliphatic heterocycles. The van der Waals surface area contributed by atoms with E-state index in [4.69, 9.17) is 9.05 Å². The molecule has 0 spiro atoms. The summed E-state index contributed by atoms with van der Waals surface area (Å²) in [4.78, 5) is 25.4. The van der Waals surface area contributed by atoms with Crippen LogP contribution in [-0.4, -0.2) is 68.5 Å². The van der Waals surface area contributed by atoms with Crippen molar-refractivity contribution in [1.29, 1.82) is 0 Å². The van der Waals surface area contributed by atoms with Crippen LogP contribution in [0.4, 0.5) is 0 Å². The minimum Gasteiger partial charge on any atom is -0.756 e. The number of likely N-dealkylation sites (N-methyl/N-ethyl adjacent to an activating group) is 1. The van der Waals surface area contributed by atoms with Crippen molar-refractivity contribution in [1.82, 2.24) is 5.32 Å². The maximum absolute atomic E-state index is 12.9. The van der Waals surface area contributed by atoms with Crippen molar-refractivity contribution in [2.75, 3.05) is 40.9 Å². The summed E-state index contributed by atoms with van der Waals surface area (Å²) in [5, 5.41) is 13.8. The highest BCUT2D eigenvalue weighted by Crippen LogP contribution is 2.38. The third kappa shape index (κ3) is 56.0. The molecule has 0 bridgehead atoms. The molecule has 0 aliphatic rings. The van der Waals surface area contributed by atoms with Crippen LogP contribution < -0.4 is 10.2 Å². The number of carbonyl (C=O) groups is 1. The van der Waals surface area contributed by atoms with E-state index in [2.05, 4.69) is 153 Å². The Kier molecular flexibility index (Phi) is 50.6. The van der Waals surface area contributed by atoms with Gasteiger partial charge >= 0.3 is 0 Å². The lowest BCUT2D eigenvalue weighted by atomic mass is 10.0. The standard InChI is InChI=1S/C64H107N2O6P/c1-6-8-10-12-14-16-18-20-21-22-23-24-25-26-27-28-29-30-31-32-33-34-35-36-37-38-39-40-41-42-43-44-45-46-48-50-52-54-56-58-64(68)65-62(61-72-73(69,70)71-60-59-66(3,4)5)63(67)57-55-53-51-49-47-19-17-15-13-11-9-7-2/h8,10,13-16,20-21,23-24,26-27,29-30,32-33,35-36,38-39,47,49,55,57,62-63,67H,6-7,9,11-12,17-19,22,25,28,31,34,37,40-46,48,50-54,56,58-61H2,1-5H3,(H-,65,68,69,70)/b10-8-,15-13+,16-14-,21-20-,24-23-,27-26-,30-29-,33-32-,36-35-,39-38-,49-47+,57-55+. The number of nitrogens with one attached hydrogen (secondary N) is 1. The molecule has 0 fully saturated rings. The summed E-state index contributed by atoms with van der Waals surface area (Å²) in [6, 6.07) is -0.920. The van der Waals surface area contributed by atoms with E-state index >= 15 is 0 Å². The molecule has 0 aliphatic carbocycles. The molecule has 9 heteroatoms. The van der Waals surface area contributed by atoms with Gasteiger partial charge in [0.25, 0.3) is 7.82 Å². The first-order valence-electron chi connectivity index (χ1n) is 28.7.